The van der Waals surface area contributed by atoms with Crippen molar-refractivity contribution in [2.24, 2.45) is 10.1 Å². The third-order valence-corrected chi connectivity index (χ3v) is 5.84. The van der Waals surface area contributed by atoms with Crippen molar-refractivity contribution in [2.75, 3.05) is 0 Å². The molecular formula is C18H16N4O3S2. The second-order valence-corrected chi connectivity index (χ2v) is 8.39. The summed E-state index contributed by atoms with van der Waals surface area (Å²) < 4.78 is 25.7. The van der Waals surface area contributed by atoms with Crippen molar-refractivity contribution in [3.63, 3.8) is 0 Å². The number of nitriles is 1. The van der Waals surface area contributed by atoms with Crippen molar-refractivity contribution in [1.82, 2.24) is 4.57 Å². The van der Waals surface area contributed by atoms with Crippen LogP contribution >= 0.6 is 11.3 Å². The first-order valence-electron chi connectivity index (χ1n) is 8.09. The van der Waals surface area contributed by atoms with Crippen molar-refractivity contribution >= 4 is 37.5 Å². The molecule has 0 aliphatic carbocycles. The number of amides is 1. The molecule has 0 atom stereocenters. The molecule has 0 bridgehead atoms. The Kier molecular flexibility index (Phi) is 5.23. The Morgan fingerprint density at radius 2 is 1.96 bits per heavy atom. The fraction of sp³-hybridized carbons (Fsp3) is 0.167. The van der Waals surface area contributed by atoms with E-state index >= 15 is 0 Å². The summed E-state index contributed by atoms with van der Waals surface area (Å²) in [5.41, 5.74) is 1.63. The second kappa shape index (κ2) is 7.44. The summed E-state index contributed by atoms with van der Waals surface area (Å²) in [4.78, 5) is 17.2. The van der Waals surface area contributed by atoms with E-state index in [0.29, 0.717) is 27.2 Å². The van der Waals surface area contributed by atoms with Crippen LogP contribution in [0.2, 0.25) is 0 Å². The van der Waals surface area contributed by atoms with Gasteiger partial charge in [0.2, 0.25) is 10.0 Å². The zero-order valence-corrected chi connectivity index (χ0v) is 16.0. The van der Waals surface area contributed by atoms with Crippen LogP contribution in [-0.4, -0.2) is 18.9 Å². The quantitative estimate of drug-likeness (QED) is 0.723. The minimum atomic E-state index is -3.81. The number of thiazole rings is 1. The highest BCUT2D eigenvalue weighted by atomic mass is 32.2. The number of hydrogen-bond donors (Lipinski definition) is 1. The van der Waals surface area contributed by atoms with Crippen molar-refractivity contribution in [3.05, 3.63) is 58.4 Å². The summed E-state index contributed by atoms with van der Waals surface area (Å²) in [7, 11) is -3.81. The van der Waals surface area contributed by atoms with Crippen LogP contribution in [0.5, 0.6) is 0 Å². The van der Waals surface area contributed by atoms with E-state index in [0.717, 1.165) is 11.9 Å². The third-order valence-electron chi connectivity index (χ3n) is 3.89. The highest BCUT2D eigenvalue weighted by Crippen LogP contribution is 2.21. The van der Waals surface area contributed by atoms with E-state index in [1.165, 1.54) is 23.5 Å². The molecule has 0 radical (unpaired) electrons. The number of hydrogen-bond acceptors (Lipinski definition) is 5. The number of aryl methyl sites for hydroxylation is 1. The monoisotopic (exact) mass is 400 g/mol. The first-order valence-corrected chi connectivity index (χ1v) is 10.4. The lowest BCUT2D eigenvalue weighted by atomic mass is 10.1. The molecular weight excluding hydrogens is 384 g/mol. The Balaban J connectivity index is 2.13. The number of carbonyl (C=O) groups is 1. The minimum Gasteiger partial charge on any atom is -0.316 e. The molecule has 9 heteroatoms. The van der Waals surface area contributed by atoms with Gasteiger partial charge in [0.1, 0.15) is 0 Å². The molecule has 0 aliphatic heterocycles. The van der Waals surface area contributed by atoms with E-state index in [9.17, 15) is 13.2 Å². The van der Waals surface area contributed by atoms with Gasteiger partial charge in [-0.05, 0) is 48.9 Å². The standard InChI is InChI=1S/C18H16N4O3S2/c1-2-9-22-15-8-7-14(27(20,24)25)10-16(15)26-18(22)21-17(23)13-5-3-12(11-19)4-6-13/h3-8,10H,2,9H2,1H3,(H2,20,24,25). The molecule has 7 nitrogen and oxygen atoms in total. The minimum absolute atomic E-state index is 0.0184. The van der Waals surface area contributed by atoms with Crippen molar-refractivity contribution in [1.29, 1.82) is 5.26 Å². The molecule has 1 amide bonds. The molecule has 0 saturated heterocycles. The fourth-order valence-corrected chi connectivity index (χ4v) is 4.30. The Morgan fingerprint density at radius 3 is 2.56 bits per heavy atom. The maximum absolute atomic E-state index is 12.5. The molecule has 0 spiro atoms. The summed E-state index contributed by atoms with van der Waals surface area (Å²) in [5.74, 6) is -0.428. The molecule has 27 heavy (non-hydrogen) atoms. The lowest BCUT2D eigenvalue weighted by Crippen LogP contribution is -2.17. The Labute approximate surface area is 160 Å². The lowest BCUT2D eigenvalue weighted by Gasteiger charge is -2.03. The predicted octanol–water partition coefficient (Wildman–Crippen LogP) is 2.37. The number of nitrogens with two attached hydrogens (primary N) is 1. The third kappa shape index (κ3) is 3.98. The largest absolute Gasteiger partial charge is 0.316 e. The molecule has 1 aromatic heterocycles. The van der Waals surface area contributed by atoms with Crippen LogP contribution in [-0.2, 0) is 16.6 Å². The number of sulfonamides is 1. The van der Waals surface area contributed by atoms with E-state index in [2.05, 4.69) is 4.99 Å². The van der Waals surface area contributed by atoms with Crippen LogP contribution < -0.4 is 9.94 Å². The van der Waals surface area contributed by atoms with Gasteiger partial charge >= 0.3 is 0 Å². The number of benzene rings is 2. The second-order valence-electron chi connectivity index (χ2n) is 5.82. The van der Waals surface area contributed by atoms with Crippen molar-refractivity contribution in [3.8, 4) is 6.07 Å². The van der Waals surface area contributed by atoms with Crippen molar-refractivity contribution < 1.29 is 13.2 Å². The van der Waals surface area contributed by atoms with Crippen LogP contribution in [0, 0.1) is 11.3 Å². The molecule has 0 aliphatic rings. The van der Waals surface area contributed by atoms with Gasteiger partial charge in [0, 0.05) is 12.1 Å². The molecule has 2 aromatic carbocycles. The topological polar surface area (TPSA) is 118 Å². The van der Waals surface area contributed by atoms with E-state index in [1.54, 1.807) is 30.3 Å². The van der Waals surface area contributed by atoms with Gasteiger partial charge in [-0.25, -0.2) is 13.6 Å². The van der Waals surface area contributed by atoms with Crippen molar-refractivity contribution in [2.45, 2.75) is 24.8 Å². The molecule has 3 aromatic rings. The van der Waals surface area contributed by atoms with E-state index in [1.807, 2.05) is 17.6 Å². The number of carbonyl (C=O) groups excluding carboxylic acids is 1. The van der Waals surface area contributed by atoms with E-state index in [-0.39, 0.29) is 4.90 Å². The highest BCUT2D eigenvalue weighted by Gasteiger charge is 2.13. The summed E-state index contributed by atoms with van der Waals surface area (Å²) in [6.45, 7) is 2.63. The van der Waals surface area contributed by atoms with Crippen LogP contribution in [0.15, 0.2) is 52.4 Å². The summed E-state index contributed by atoms with van der Waals surface area (Å²) in [6, 6.07) is 12.8. The maximum atomic E-state index is 12.5. The number of nitrogens with zero attached hydrogens (tertiary/aromatic N) is 3. The Morgan fingerprint density at radius 1 is 1.26 bits per heavy atom. The van der Waals surface area contributed by atoms with Gasteiger partial charge < -0.3 is 4.57 Å². The SMILES string of the molecule is CCCn1c(=NC(=O)c2ccc(C#N)cc2)sc2cc(S(N)(=O)=O)ccc21. The fourth-order valence-electron chi connectivity index (χ4n) is 2.59. The Hall–Kier alpha value is -2.80. The Bertz CT molecular complexity index is 1230. The highest BCUT2D eigenvalue weighted by molar-refractivity contribution is 7.89. The van der Waals surface area contributed by atoms with Crippen LogP contribution in [0.25, 0.3) is 10.2 Å². The maximum Gasteiger partial charge on any atom is 0.279 e. The zero-order chi connectivity index (χ0) is 19.6. The number of fused-ring (bicyclic) bond motifs is 1. The van der Waals surface area contributed by atoms with Gasteiger partial charge in [-0.2, -0.15) is 10.3 Å². The van der Waals surface area contributed by atoms with Crippen LogP contribution in [0.1, 0.15) is 29.3 Å². The van der Waals surface area contributed by atoms with Crippen LogP contribution in [0.4, 0.5) is 0 Å². The molecule has 3 rings (SSSR count). The average molecular weight is 400 g/mol. The zero-order valence-electron chi connectivity index (χ0n) is 14.4. The normalized spacial score (nSPS) is 12.3. The first-order chi connectivity index (χ1) is 12.8. The van der Waals surface area contributed by atoms with E-state index in [4.69, 9.17) is 10.4 Å². The lowest BCUT2D eigenvalue weighted by molar-refractivity contribution is 0.0998. The first kappa shape index (κ1) is 19.0. The van der Waals surface area contributed by atoms with E-state index < -0.39 is 15.9 Å². The smallest absolute Gasteiger partial charge is 0.279 e. The molecule has 0 fully saturated rings. The summed E-state index contributed by atoms with van der Waals surface area (Å²) in [6.07, 6.45) is 0.820. The van der Waals surface area contributed by atoms with Gasteiger partial charge in [0.05, 0.1) is 26.7 Å². The predicted molar refractivity (Wildman–Crippen MR) is 103 cm³/mol. The van der Waals surface area contributed by atoms with Gasteiger partial charge in [-0.15, -0.1) is 0 Å². The molecule has 2 N–H and O–H groups in total. The number of aromatic nitrogens is 1. The summed E-state index contributed by atoms with van der Waals surface area (Å²) >= 11 is 1.23. The van der Waals surface area contributed by atoms with Gasteiger partial charge in [0.15, 0.2) is 4.80 Å². The van der Waals surface area contributed by atoms with Gasteiger partial charge in [-0.3, -0.25) is 4.79 Å². The molecule has 138 valence electrons. The van der Waals surface area contributed by atoms with Gasteiger partial charge in [-0.1, -0.05) is 18.3 Å². The van der Waals surface area contributed by atoms with Gasteiger partial charge in [0.25, 0.3) is 5.91 Å². The number of primary sulfonamides is 1. The molecule has 1 heterocycles. The summed E-state index contributed by atoms with van der Waals surface area (Å²) in [5, 5.41) is 14.0. The molecule has 0 saturated carbocycles. The van der Waals surface area contributed by atoms with Crippen LogP contribution in [0.3, 0.4) is 0 Å². The molecule has 0 unspecified atom stereocenters. The number of rotatable bonds is 4. The average Bonchev–Trinajstić information content (AvgIpc) is 2.98.